The molecule has 0 bridgehead atoms. The van der Waals surface area contributed by atoms with Gasteiger partial charge in [-0.2, -0.15) is 0 Å². The van der Waals surface area contributed by atoms with E-state index in [9.17, 15) is 9.59 Å². The Morgan fingerprint density at radius 3 is 2.76 bits per heavy atom. The maximum absolute atomic E-state index is 12.5. The molecule has 7 heteroatoms. The number of rotatable bonds is 6. The van der Waals surface area contributed by atoms with E-state index >= 15 is 0 Å². The number of fused-ring (bicyclic) bond motifs is 1. The number of benzene rings is 2. The first kappa shape index (κ1) is 19.7. The molecule has 0 unspecified atom stereocenters. The van der Waals surface area contributed by atoms with E-state index in [1.165, 1.54) is 11.3 Å². The number of morpholine rings is 1. The molecule has 0 radical (unpaired) electrons. The van der Waals surface area contributed by atoms with Crippen molar-refractivity contribution in [1.29, 1.82) is 0 Å². The van der Waals surface area contributed by atoms with Crippen LogP contribution < -0.4 is 5.32 Å². The SMILES string of the molecule is CC(=O)c1cccc(-c2nc3ccc(C(=O)NCCN4CCOCC4)cc3s2)c1. The van der Waals surface area contributed by atoms with E-state index in [-0.39, 0.29) is 11.7 Å². The fourth-order valence-corrected chi connectivity index (χ4v) is 4.32. The normalized spacial score (nSPS) is 14.8. The van der Waals surface area contributed by atoms with Gasteiger partial charge in [0.2, 0.25) is 0 Å². The van der Waals surface area contributed by atoms with E-state index in [0.29, 0.717) is 17.7 Å². The molecular formula is C22H23N3O3S. The highest BCUT2D eigenvalue weighted by atomic mass is 32.1. The molecule has 0 spiro atoms. The minimum atomic E-state index is -0.0753. The number of ether oxygens (including phenoxy) is 1. The Kier molecular flexibility index (Phi) is 5.99. The number of ketones is 1. The molecule has 2 aromatic carbocycles. The molecule has 1 aliphatic heterocycles. The molecule has 6 nitrogen and oxygen atoms in total. The number of nitrogens with zero attached hydrogens (tertiary/aromatic N) is 2. The van der Waals surface area contributed by atoms with Crippen molar-refractivity contribution in [3.05, 3.63) is 53.6 Å². The van der Waals surface area contributed by atoms with Gasteiger partial charge >= 0.3 is 0 Å². The molecule has 29 heavy (non-hydrogen) atoms. The van der Waals surface area contributed by atoms with Crippen LogP contribution >= 0.6 is 11.3 Å². The number of hydrogen-bond donors (Lipinski definition) is 1. The highest BCUT2D eigenvalue weighted by molar-refractivity contribution is 7.21. The van der Waals surface area contributed by atoms with Crippen molar-refractivity contribution in [2.45, 2.75) is 6.92 Å². The fourth-order valence-electron chi connectivity index (χ4n) is 3.31. The van der Waals surface area contributed by atoms with E-state index in [4.69, 9.17) is 4.74 Å². The summed E-state index contributed by atoms with van der Waals surface area (Å²) in [4.78, 5) is 31.1. The molecule has 2 heterocycles. The number of hydrogen-bond acceptors (Lipinski definition) is 6. The van der Waals surface area contributed by atoms with Gasteiger partial charge in [-0.25, -0.2) is 4.98 Å². The van der Waals surface area contributed by atoms with Crippen LogP contribution in [0.2, 0.25) is 0 Å². The number of amides is 1. The summed E-state index contributed by atoms with van der Waals surface area (Å²) in [6.45, 7) is 6.34. The second kappa shape index (κ2) is 8.82. The van der Waals surface area contributed by atoms with Crippen LogP contribution in [0.3, 0.4) is 0 Å². The van der Waals surface area contributed by atoms with Gasteiger partial charge in [0.1, 0.15) is 5.01 Å². The smallest absolute Gasteiger partial charge is 0.251 e. The van der Waals surface area contributed by atoms with Crippen LogP contribution in [-0.2, 0) is 4.74 Å². The molecule has 1 N–H and O–H groups in total. The van der Waals surface area contributed by atoms with Crippen molar-refractivity contribution in [3.8, 4) is 10.6 Å². The second-order valence-corrected chi connectivity index (χ2v) is 8.08. The van der Waals surface area contributed by atoms with Gasteiger partial charge in [-0.05, 0) is 31.2 Å². The van der Waals surface area contributed by atoms with E-state index < -0.39 is 0 Å². The first-order chi connectivity index (χ1) is 14.1. The Bertz CT molecular complexity index is 1040. The molecule has 1 aliphatic rings. The van der Waals surface area contributed by atoms with Gasteiger partial charge in [-0.1, -0.05) is 18.2 Å². The van der Waals surface area contributed by atoms with E-state index in [1.54, 1.807) is 13.0 Å². The molecule has 0 saturated carbocycles. The van der Waals surface area contributed by atoms with E-state index in [0.717, 1.165) is 53.6 Å². The molecule has 0 aliphatic carbocycles. The topological polar surface area (TPSA) is 71.5 Å². The largest absolute Gasteiger partial charge is 0.379 e. The van der Waals surface area contributed by atoms with Gasteiger partial charge in [-0.3, -0.25) is 14.5 Å². The average Bonchev–Trinajstić information content (AvgIpc) is 3.18. The zero-order valence-electron chi connectivity index (χ0n) is 16.3. The third kappa shape index (κ3) is 4.70. The van der Waals surface area contributed by atoms with Gasteiger partial charge in [0, 0.05) is 42.9 Å². The van der Waals surface area contributed by atoms with Crippen LogP contribution in [0.1, 0.15) is 27.6 Å². The number of carbonyl (C=O) groups is 2. The van der Waals surface area contributed by atoms with Crippen molar-refractivity contribution in [3.63, 3.8) is 0 Å². The summed E-state index contributed by atoms with van der Waals surface area (Å²) in [5.74, 6) is -0.0438. The second-order valence-electron chi connectivity index (χ2n) is 7.05. The number of thiazole rings is 1. The van der Waals surface area contributed by atoms with Crippen LogP contribution in [0.25, 0.3) is 20.8 Å². The lowest BCUT2D eigenvalue weighted by Crippen LogP contribution is -2.41. The molecule has 1 saturated heterocycles. The summed E-state index contributed by atoms with van der Waals surface area (Å²) in [5.41, 5.74) is 3.06. The van der Waals surface area contributed by atoms with Crippen LogP contribution in [-0.4, -0.2) is 61.0 Å². The van der Waals surface area contributed by atoms with Gasteiger partial charge in [0.15, 0.2) is 5.78 Å². The van der Waals surface area contributed by atoms with Crippen molar-refractivity contribution >= 4 is 33.2 Å². The first-order valence-corrected chi connectivity index (χ1v) is 10.5. The van der Waals surface area contributed by atoms with Gasteiger partial charge in [0.05, 0.1) is 23.4 Å². The monoisotopic (exact) mass is 409 g/mol. The summed E-state index contributed by atoms with van der Waals surface area (Å²) in [7, 11) is 0. The molecular weight excluding hydrogens is 386 g/mol. The lowest BCUT2D eigenvalue weighted by atomic mass is 10.1. The maximum Gasteiger partial charge on any atom is 0.251 e. The zero-order valence-corrected chi connectivity index (χ0v) is 17.1. The summed E-state index contributed by atoms with van der Waals surface area (Å²) >= 11 is 1.52. The third-order valence-corrected chi connectivity index (χ3v) is 6.05. The molecule has 4 rings (SSSR count). The van der Waals surface area contributed by atoms with Gasteiger partial charge in [-0.15, -0.1) is 11.3 Å². The lowest BCUT2D eigenvalue weighted by Gasteiger charge is -2.26. The number of aromatic nitrogens is 1. The predicted molar refractivity (Wildman–Crippen MR) is 115 cm³/mol. The number of Topliss-reactive ketones (excluding diaryl/α,β-unsaturated/α-hetero) is 1. The average molecular weight is 410 g/mol. The number of carbonyl (C=O) groups excluding carboxylic acids is 2. The van der Waals surface area contributed by atoms with Crippen LogP contribution in [0.5, 0.6) is 0 Å². The zero-order chi connectivity index (χ0) is 20.2. The first-order valence-electron chi connectivity index (χ1n) is 9.70. The molecule has 1 amide bonds. The summed E-state index contributed by atoms with van der Waals surface area (Å²) in [6.07, 6.45) is 0. The third-order valence-electron chi connectivity index (χ3n) is 4.98. The molecule has 0 atom stereocenters. The minimum absolute atomic E-state index is 0.0315. The maximum atomic E-state index is 12.5. The molecule has 1 fully saturated rings. The predicted octanol–water partition coefficient (Wildman–Crippen LogP) is 3.23. The van der Waals surface area contributed by atoms with Crippen LogP contribution in [0.15, 0.2) is 42.5 Å². The summed E-state index contributed by atoms with van der Waals surface area (Å²) in [6, 6.07) is 13.0. The highest BCUT2D eigenvalue weighted by Gasteiger charge is 2.13. The minimum Gasteiger partial charge on any atom is -0.379 e. The Morgan fingerprint density at radius 1 is 1.14 bits per heavy atom. The summed E-state index contributed by atoms with van der Waals surface area (Å²) in [5, 5.41) is 3.84. The van der Waals surface area contributed by atoms with E-state index in [2.05, 4.69) is 15.2 Å². The van der Waals surface area contributed by atoms with Gasteiger partial charge in [0.25, 0.3) is 5.91 Å². The van der Waals surface area contributed by atoms with Crippen LogP contribution in [0, 0.1) is 0 Å². The van der Waals surface area contributed by atoms with Crippen molar-refractivity contribution in [2.24, 2.45) is 0 Å². The van der Waals surface area contributed by atoms with Gasteiger partial charge < -0.3 is 10.1 Å². The lowest BCUT2D eigenvalue weighted by molar-refractivity contribution is 0.0383. The van der Waals surface area contributed by atoms with E-state index in [1.807, 2.05) is 36.4 Å². The Hall–Kier alpha value is -2.61. The quantitative estimate of drug-likeness (QED) is 0.633. The van der Waals surface area contributed by atoms with Crippen molar-refractivity contribution in [2.75, 3.05) is 39.4 Å². The van der Waals surface area contributed by atoms with Crippen molar-refractivity contribution < 1.29 is 14.3 Å². The fraction of sp³-hybridized carbons (Fsp3) is 0.318. The highest BCUT2D eigenvalue weighted by Crippen LogP contribution is 2.31. The molecule has 3 aromatic rings. The molecule has 1 aromatic heterocycles. The van der Waals surface area contributed by atoms with Crippen molar-refractivity contribution in [1.82, 2.24) is 15.2 Å². The number of nitrogens with one attached hydrogen (secondary N) is 1. The van der Waals surface area contributed by atoms with Crippen LogP contribution in [0.4, 0.5) is 0 Å². The Balaban J connectivity index is 1.45. The standard InChI is InChI=1S/C22H23N3O3S/c1-15(26)16-3-2-4-18(13-16)22-24-19-6-5-17(14-20(19)29-22)21(27)23-7-8-25-9-11-28-12-10-25/h2-6,13-14H,7-12H2,1H3,(H,23,27). The molecule has 150 valence electrons. The summed E-state index contributed by atoms with van der Waals surface area (Å²) < 4.78 is 6.29. The Morgan fingerprint density at radius 2 is 1.97 bits per heavy atom. The Labute approximate surface area is 173 Å².